The molecule has 0 fully saturated rings. The van der Waals surface area contributed by atoms with Gasteiger partial charge in [-0.05, 0) is 48.0 Å². The second-order valence-corrected chi connectivity index (χ2v) is 5.81. The van der Waals surface area contributed by atoms with Crippen molar-refractivity contribution in [2.24, 2.45) is 5.10 Å². The van der Waals surface area contributed by atoms with Gasteiger partial charge in [-0.25, -0.2) is 15.0 Å². The van der Waals surface area contributed by atoms with E-state index in [0.29, 0.717) is 28.3 Å². The molecule has 0 saturated heterocycles. The number of hydrogen-bond acceptors (Lipinski definition) is 5. The number of furan rings is 1. The first-order valence-corrected chi connectivity index (χ1v) is 8.22. The van der Waals surface area contributed by atoms with E-state index in [1.807, 2.05) is 42.5 Å². The van der Waals surface area contributed by atoms with Crippen molar-refractivity contribution in [1.82, 2.24) is 9.55 Å². The van der Waals surface area contributed by atoms with Gasteiger partial charge in [-0.1, -0.05) is 30.3 Å². The quantitative estimate of drug-likeness (QED) is 0.437. The molecular weight excluding hydrogens is 352 g/mol. The molecule has 128 valence electrons. The molecule has 7 heteroatoms. The van der Waals surface area contributed by atoms with Crippen LogP contribution < -0.4 is 11.0 Å². The first-order chi connectivity index (χ1) is 12.7. The lowest BCUT2D eigenvalue weighted by Crippen LogP contribution is -2.22. The molecule has 0 aliphatic carbocycles. The van der Waals surface area contributed by atoms with E-state index in [9.17, 15) is 4.79 Å². The van der Waals surface area contributed by atoms with Crippen molar-refractivity contribution in [1.29, 1.82) is 0 Å². The second-order valence-electron chi connectivity index (χ2n) is 5.44. The van der Waals surface area contributed by atoms with E-state index in [2.05, 4.69) is 15.5 Å². The van der Waals surface area contributed by atoms with Crippen LogP contribution in [-0.4, -0.2) is 15.8 Å². The molecule has 0 spiro atoms. The molecule has 4 aromatic rings. The first-order valence-electron chi connectivity index (χ1n) is 7.84. The van der Waals surface area contributed by atoms with Crippen LogP contribution in [0.2, 0.25) is 5.22 Å². The largest absolute Gasteiger partial charge is 0.444 e. The molecule has 0 atom stereocenters. The van der Waals surface area contributed by atoms with Gasteiger partial charge in [-0.2, -0.15) is 5.10 Å². The van der Waals surface area contributed by atoms with Crippen molar-refractivity contribution < 1.29 is 4.42 Å². The molecule has 0 bridgehead atoms. The van der Waals surface area contributed by atoms with Gasteiger partial charge in [0.25, 0.3) is 5.56 Å². The molecule has 0 amide bonds. The summed E-state index contributed by atoms with van der Waals surface area (Å²) < 4.78 is 6.70. The molecule has 0 saturated carbocycles. The van der Waals surface area contributed by atoms with Crippen LogP contribution in [0.3, 0.4) is 0 Å². The summed E-state index contributed by atoms with van der Waals surface area (Å²) in [7, 11) is 0. The first kappa shape index (κ1) is 16.1. The van der Waals surface area contributed by atoms with Gasteiger partial charge in [0.05, 0.1) is 22.8 Å². The van der Waals surface area contributed by atoms with Gasteiger partial charge in [0, 0.05) is 0 Å². The minimum absolute atomic E-state index is 0.180. The van der Waals surface area contributed by atoms with E-state index < -0.39 is 0 Å². The average molecular weight is 365 g/mol. The zero-order valence-electron chi connectivity index (χ0n) is 13.5. The minimum Gasteiger partial charge on any atom is -0.444 e. The molecule has 0 radical (unpaired) electrons. The van der Waals surface area contributed by atoms with Crippen molar-refractivity contribution >= 4 is 34.7 Å². The summed E-state index contributed by atoms with van der Waals surface area (Å²) in [5.74, 6) is 0.783. The number of aromatic nitrogens is 2. The Morgan fingerprint density at radius 2 is 1.81 bits per heavy atom. The van der Waals surface area contributed by atoms with Crippen LogP contribution in [0.25, 0.3) is 16.6 Å². The van der Waals surface area contributed by atoms with Gasteiger partial charge in [0.1, 0.15) is 5.76 Å². The van der Waals surface area contributed by atoms with Crippen molar-refractivity contribution in [3.05, 3.63) is 88.1 Å². The van der Waals surface area contributed by atoms with Crippen LogP contribution in [0.4, 0.5) is 5.95 Å². The summed E-state index contributed by atoms with van der Waals surface area (Å²) in [4.78, 5) is 17.5. The smallest absolute Gasteiger partial charge is 0.267 e. The number of rotatable bonds is 4. The van der Waals surface area contributed by atoms with Gasteiger partial charge in [0.2, 0.25) is 5.95 Å². The third-order valence-electron chi connectivity index (χ3n) is 3.74. The van der Waals surface area contributed by atoms with Crippen LogP contribution in [-0.2, 0) is 0 Å². The molecule has 26 heavy (non-hydrogen) atoms. The van der Waals surface area contributed by atoms with Gasteiger partial charge >= 0.3 is 0 Å². The van der Waals surface area contributed by atoms with Crippen molar-refractivity contribution in [3.8, 4) is 5.69 Å². The number of nitrogens with zero attached hydrogens (tertiary/aromatic N) is 3. The molecule has 0 aliphatic heterocycles. The average Bonchev–Trinajstić information content (AvgIpc) is 3.08. The zero-order valence-corrected chi connectivity index (χ0v) is 14.2. The predicted octanol–water partition coefficient (Wildman–Crippen LogP) is 4.08. The van der Waals surface area contributed by atoms with E-state index in [1.54, 1.807) is 24.3 Å². The fourth-order valence-corrected chi connectivity index (χ4v) is 2.73. The van der Waals surface area contributed by atoms with Gasteiger partial charge in [-0.15, -0.1) is 0 Å². The van der Waals surface area contributed by atoms with Crippen molar-refractivity contribution in [3.63, 3.8) is 0 Å². The molecule has 0 unspecified atom stereocenters. The Morgan fingerprint density at radius 1 is 1.04 bits per heavy atom. The highest BCUT2D eigenvalue weighted by molar-refractivity contribution is 6.28. The van der Waals surface area contributed by atoms with Gasteiger partial charge in [0.15, 0.2) is 5.22 Å². The van der Waals surface area contributed by atoms with Crippen molar-refractivity contribution in [2.75, 3.05) is 5.43 Å². The Morgan fingerprint density at radius 3 is 2.58 bits per heavy atom. The summed E-state index contributed by atoms with van der Waals surface area (Å²) in [6.45, 7) is 0. The highest BCUT2D eigenvalue weighted by Crippen LogP contribution is 2.16. The van der Waals surface area contributed by atoms with Gasteiger partial charge < -0.3 is 4.42 Å². The summed E-state index contributed by atoms with van der Waals surface area (Å²) in [5, 5.41) is 4.92. The van der Waals surface area contributed by atoms with E-state index in [4.69, 9.17) is 16.0 Å². The molecule has 2 heterocycles. The van der Waals surface area contributed by atoms with Gasteiger partial charge in [-0.3, -0.25) is 4.79 Å². The number of hydrogen-bond donors (Lipinski definition) is 1. The number of anilines is 1. The fourth-order valence-electron chi connectivity index (χ4n) is 2.58. The lowest BCUT2D eigenvalue weighted by molar-refractivity contribution is 0.562. The third kappa shape index (κ3) is 3.10. The Hall–Kier alpha value is -3.38. The maximum Gasteiger partial charge on any atom is 0.267 e. The van der Waals surface area contributed by atoms with Crippen LogP contribution in [0, 0.1) is 0 Å². The highest BCUT2D eigenvalue weighted by atomic mass is 35.5. The van der Waals surface area contributed by atoms with Crippen molar-refractivity contribution in [2.45, 2.75) is 0 Å². The second kappa shape index (κ2) is 6.85. The van der Waals surface area contributed by atoms with Crippen LogP contribution >= 0.6 is 11.6 Å². The number of nitrogens with one attached hydrogen (secondary N) is 1. The lowest BCUT2D eigenvalue weighted by atomic mass is 10.2. The SMILES string of the molecule is O=c1c2ccccc2nc(N/N=C/c2ccc(Cl)o2)n1-c1ccccc1. The fraction of sp³-hybridized carbons (Fsp3) is 0. The highest BCUT2D eigenvalue weighted by Gasteiger charge is 2.12. The lowest BCUT2D eigenvalue weighted by Gasteiger charge is -2.12. The molecule has 6 nitrogen and oxygen atoms in total. The molecule has 4 rings (SSSR count). The van der Waals surface area contributed by atoms with Crippen LogP contribution in [0.1, 0.15) is 5.76 Å². The Kier molecular flexibility index (Phi) is 4.25. The third-order valence-corrected chi connectivity index (χ3v) is 3.94. The maximum absolute atomic E-state index is 13.0. The van der Waals surface area contributed by atoms with Crippen LogP contribution in [0.15, 0.2) is 81.0 Å². The number of benzene rings is 2. The number of halogens is 1. The minimum atomic E-state index is -0.180. The zero-order chi connectivity index (χ0) is 17.9. The molecule has 2 aromatic heterocycles. The standard InChI is InChI=1S/C19H13ClN4O2/c20-17-11-10-14(26-17)12-21-23-19-22-16-9-5-4-8-15(16)18(25)24(19)13-6-2-1-3-7-13/h1-12H,(H,22,23)/b21-12+. The molecule has 2 aromatic carbocycles. The molecule has 1 N–H and O–H groups in total. The monoisotopic (exact) mass is 364 g/mol. The number of fused-ring (bicyclic) bond motifs is 1. The van der Waals surface area contributed by atoms with E-state index in [-0.39, 0.29) is 10.8 Å². The Balaban J connectivity index is 1.81. The normalized spacial score (nSPS) is 11.3. The summed E-state index contributed by atoms with van der Waals surface area (Å²) in [6.07, 6.45) is 1.46. The molecular formula is C19H13ClN4O2. The van der Waals surface area contributed by atoms with E-state index in [1.165, 1.54) is 10.8 Å². The topological polar surface area (TPSA) is 72.4 Å². The molecule has 0 aliphatic rings. The number of hydrazone groups is 1. The summed E-state index contributed by atoms with van der Waals surface area (Å²) in [5.41, 5.74) is 3.92. The van der Waals surface area contributed by atoms with E-state index in [0.717, 1.165) is 0 Å². The van der Waals surface area contributed by atoms with Crippen LogP contribution in [0.5, 0.6) is 0 Å². The Labute approximate surface area is 153 Å². The summed E-state index contributed by atoms with van der Waals surface area (Å²) in [6, 6.07) is 19.8. The number of para-hydroxylation sites is 2. The van der Waals surface area contributed by atoms with E-state index >= 15 is 0 Å². The summed E-state index contributed by atoms with van der Waals surface area (Å²) >= 11 is 5.74. The maximum atomic E-state index is 13.0. The predicted molar refractivity (Wildman–Crippen MR) is 102 cm³/mol. The Bertz CT molecular complexity index is 1150.